The highest BCUT2D eigenvalue weighted by Crippen LogP contribution is 2.54. The van der Waals surface area contributed by atoms with Crippen molar-refractivity contribution in [3.05, 3.63) is 74.5 Å². The van der Waals surface area contributed by atoms with E-state index in [0.29, 0.717) is 28.7 Å². The first-order valence-corrected chi connectivity index (χ1v) is 16.2. The quantitative estimate of drug-likeness (QED) is 0.362. The summed E-state index contributed by atoms with van der Waals surface area (Å²) in [7, 11) is 0. The van der Waals surface area contributed by atoms with Gasteiger partial charge in [0.15, 0.2) is 0 Å². The van der Waals surface area contributed by atoms with E-state index >= 15 is 0 Å². The predicted octanol–water partition coefficient (Wildman–Crippen LogP) is 4.70. The van der Waals surface area contributed by atoms with Gasteiger partial charge < -0.3 is 9.80 Å². The fourth-order valence-electron chi connectivity index (χ4n) is 6.32. The van der Waals surface area contributed by atoms with Gasteiger partial charge in [-0.05, 0) is 75.1 Å². The molecule has 3 atom stereocenters. The summed E-state index contributed by atoms with van der Waals surface area (Å²) in [5.41, 5.74) is 2.20. The number of anilines is 2. The van der Waals surface area contributed by atoms with Crippen molar-refractivity contribution in [2.45, 2.75) is 55.8 Å². The molecule has 0 saturated carbocycles. The molecule has 0 bridgehead atoms. The van der Waals surface area contributed by atoms with E-state index in [1.165, 1.54) is 40.6 Å². The summed E-state index contributed by atoms with van der Waals surface area (Å²) in [4.78, 5) is 60.1. The lowest BCUT2D eigenvalue weighted by Crippen LogP contribution is -2.39. The molecule has 2 fully saturated rings. The minimum absolute atomic E-state index is 0.0908. The number of halogens is 1. The van der Waals surface area contributed by atoms with Crippen LogP contribution in [0.25, 0.3) is 0 Å². The van der Waals surface area contributed by atoms with E-state index in [4.69, 9.17) is 0 Å². The molecular weight excluding hydrogens is 575 g/mol. The molecule has 3 unspecified atom stereocenters. The normalized spacial score (nSPS) is 21.8. The van der Waals surface area contributed by atoms with Crippen molar-refractivity contribution in [1.82, 2.24) is 9.47 Å². The van der Waals surface area contributed by atoms with Gasteiger partial charge in [-0.15, -0.1) is 0 Å². The van der Waals surface area contributed by atoms with Gasteiger partial charge in [-0.3, -0.25) is 23.7 Å². The second-order valence-electron chi connectivity index (χ2n) is 10.9. The first kappa shape index (κ1) is 28.7. The lowest BCUT2D eigenvalue weighted by Gasteiger charge is -2.31. The Bertz CT molecular complexity index is 1560. The summed E-state index contributed by atoms with van der Waals surface area (Å²) in [6, 6.07) is 13.3. The summed E-state index contributed by atoms with van der Waals surface area (Å²) < 4.78 is 15.2. The molecule has 6 rings (SSSR count). The highest BCUT2D eigenvalue weighted by atomic mass is 32.2. The summed E-state index contributed by atoms with van der Waals surface area (Å²) in [5, 5.41) is -0.204. The second kappa shape index (κ2) is 11.7. The molecule has 2 saturated heterocycles. The minimum atomic E-state index is -0.784. The molecule has 220 valence electrons. The third-order valence-corrected chi connectivity index (χ3v) is 11.1. The van der Waals surface area contributed by atoms with E-state index < -0.39 is 28.8 Å². The van der Waals surface area contributed by atoms with E-state index in [2.05, 4.69) is 18.7 Å². The first-order valence-electron chi connectivity index (χ1n) is 14.5. The standard InChI is InChI=1S/C31H33FN4O4S2/c1-3-33(4-2)21-12-8-19(9-13-21)24-25-26(29(39)36(28(25)38)22-14-10-20(32)11-15-22)41-30-27(24)42-31(40)35(30)18-23(37)34-16-6-5-7-17-34/h8-15,24-26H,3-7,16-18H2,1-2H3. The summed E-state index contributed by atoms with van der Waals surface area (Å²) in [6.07, 6.45) is 2.98. The van der Waals surface area contributed by atoms with Crippen LogP contribution in [0.5, 0.6) is 0 Å². The van der Waals surface area contributed by atoms with E-state index in [0.717, 1.165) is 59.8 Å². The molecule has 0 radical (unpaired) electrons. The number of likely N-dealkylation sites (tertiary alicyclic amines) is 1. The highest BCUT2D eigenvalue weighted by molar-refractivity contribution is 8.00. The highest BCUT2D eigenvalue weighted by Gasteiger charge is 2.56. The average Bonchev–Trinajstić information content (AvgIpc) is 3.45. The topological polar surface area (TPSA) is 82.9 Å². The Morgan fingerprint density at radius 1 is 0.929 bits per heavy atom. The van der Waals surface area contributed by atoms with Crippen molar-refractivity contribution >= 4 is 52.2 Å². The lowest BCUT2D eigenvalue weighted by molar-refractivity contribution is -0.133. The van der Waals surface area contributed by atoms with Crippen LogP contribution in [0.2, 0.25) is 0 Å². The molecule has 0 spiro atoms. The van der Waals surface area contributed by atoms with Crippen molar-refractivity contribution in [2.24, 2.45) is 5.92 Å². The number of fused-ring (bicyclic) bond motifs is 2. The number of hydrogen-bond donors (Lipinski definition) is 0. The van der Waals surface area contributed by atoms with Gasteiger partial charge >= 0.3 is 4.87 Å². The fourth-order valence-corrected chi connectivity index (χ4v) is 9.09. The van der Waals surface area contributed by atoms with E-state index in [1.54, 1.807) is 4.90 Å². The van der Waals surface area contributed by atoms with Crippen LogP contribution >= 0.6 is 23.1 Å². The number of benzene rings is 2. The summed E-state index contributed by atoms with van der Waals surface area (Å²) in [6.45, 7) is 7.14. The third kappa shape index (κ3) is 4.96. The van der Waals surface area contributed by atoms with Crippen LogP contribution in [0.3, 0.4) is 0 Å². The van der Waals surface area contributed by atoms with Crippen molar-refractivity contribution in [2.75, 3.05) is 36.0 Å². The molecule has 3 amide bonds. The molecule has 0 aliphatic carbocycles. The Kier molecular flexibility index (Phi) is 7.97. The van der Waals surface area contributed by atoms with Crippen LogP contribution in [0, 0.1) is 11.7 Å². The lowest BCUT2D eigenvalue weighted by atomic mass is 9.83. The van der Waals surface area contributed by atoms with Crippen LogP contribution in [-0.2, 0) is 20.9 Å². The number of piperidine rings is 1. The molecule has 2 aromatic carbocycles. The van der Waals surface area contributed by atoms with Crippen molar-refractivity contribution < 1.29 is 18.8 Å². The fraction of sp³-hybridized carbons (Fsp3) is 0.419. The van der Waals surface area contributed by atoms with Gasteiger partial charge in [0.05, 0.1) is 16.6 Å². The van der Waals surface area contributed by atoms with Crippen LogP contribution in [0.15, 0.2) is 58.4 Å². The number of nitrogens with zero attached hydrogens (tertiary/aromatic N) is 4. The number of amides is 3. The summed E-state index contributed by atoms with van der Waals surface area (Å²) in [5.74, 6) is -2.62. The van der Waals surface area contributed by atoms with Gasteiger partial charge in [-0.25, -0.2) is 9.29 Å². The maximum Gasteiger partial charge on any atom is 0.308 e. The second-order valence-corrected chi connectivity index (χ2v) is 13.0. The zero-order chi connectivity index (χ0) is 29.5. The van der Waals surface area contributed by atoms with Crippen LogP contribution in [0.4, 0.5) is 15.8 Å². The largest absolute Gasteiger partial charge is 0.372 e. The number of aromatic nitrogens is 1. The molecule has 0 N–H and O–H groups in total. The van der Waals surface area contributed by atoms with Crippen LogP contribution in [-0.4, -0.2) is 58.6 Å². The summed E-state index contributed by atoms with van der Waals surface area (Å²) >= 11 is 2.25. The Morgan fingerprint density at radius 2 is 1.60 bits per heavy atom. The first-order chi connectivity index (χ1) is 20.3. The van der Waals surface area contributed by atoms with Crippen molar-refractivity contribution in [3.63, 3.8) is 0 Å². The number of carbonyl (C=O) groups excluding carboxylic acids is 3. The zero-order valence-electron chi connectivity index (χ0n) is 23.6. The maximum absolute atomic E-state index is 14.0. The third-order valence-electron chi connectivity index (χ3n) is 8.52. The molecule has 42 heavy (non-hydrogen) atoms. The molecule has 11 heteroatoms. The van der Waals surface area contributed by atoms with E-state index in [-0.39, 0.29) is 23.2 Å². The molecule has 8 nitrogen and oxygen atoms in total. The molecule has 3 aliphatic rings. The number of carbonyl (C=O) groups is 3. The average molecular weight is 609 g/mol. The minimum Gasteiger partial charge on any atom is -0.372 e. The Balaban J connectivity index is 1.43. The van der Waals surface area contributed by atoms with E-state index in [9.17, 15) is 23.6 Å². The Morgan fingerprint density at radius 3 is 2.24 bits per heavy atom. The molecule has 4 heterocycles. The smallest absolute Gasteiger partial charge is 0.308 e. The van der Waals surface area contributed by atoms with Gasteiger partial charge in [-0.2, -0.15) is 0 Å². The maximum atomic E-state index is 14.0. The van der Waals surface area contributed by atoms with Gasteiger partial charge in [0.1, 0.15) is 17.6 Å². The molecule has 3 aliphatic heterocycles. The molecule has 3 aromatic rings. The van der Waals surface area contributed by atoms with Gasteiger partial charge in [-0.1, -0.05) is 35.2 Å². The van der Waals surface area contributed by atoms with Gasteiger partial charge in [0.25, 0.3) is 0 Å². The Labute approximate surface area is 252 Å². The number of hydrogen-bond acceptors (Lipinski definition) is 7. The van der Waals surface area contributed by atoms with Crippen molar-refractivity contribution in [3.8, 4) is 0 Å². The monoisotopic (exact) mass is 608 g/mol. The van der Waals surface area contributed by atoms with E-state index in [1.807, 2.05) is 24.3 Å². The molecule has 1 aromatic heterocycles. The zero-order valence-corrected chi connectivity index (χ0v) is 25.3. The van der Waals surface area contributed by atoms with Crippen LogP contribution < -0.4 is 14.7 Å². The predicted molar refractivity (Wildman–Crippen MR) is 163 cm³/mol. The van der Waals surface area contributed by atoms with Crippen LogP contribution in [0.1, 0.15) is 49.5 Å². The van der Waals surface area contributed by atoms with Crippen molar-refractivity contribution in [1.29, 1.82) is 0 Å². The SMILES string of the molecule is CCN(CC)c1ccc(C2c3sc(=O)n(CC(=O)N4CCCCC4)c3SC3C(=O)N(c4ccc(F)cc4)C(=O)C32)cc1. The number of rotatable bonds is 7. The molecular formula is C31H33FN4O4S2. The number of imide groups is 1. The Hall–Kier alpha value is -3.44. The number of thiazole rings is 1. The van der Waals surface area contributed by atoms with Gasteiger partial charge in [0, 0.05) is 42.7 Å². The number of thioether (sulfide) groups is 1. The van der Waals surface area contributed by atoms with Gasteiger partial charge in [0.2, 0.25) is 17.7 Å².